The molecule has 6 nitrogen and oxygen atoms in total. The number of likely N-dealkylation sites (tertiary alicyclic amines) is 1. The Hall–Kier alpha value is -4.23. The van der Waals surface area contributed by atoms with Gasteiger partial charge in [0.05, 0.1) is 12.7 Å². The predicted molar refractivity (Wildman–Crippen MR) is 164 cm³/mol. The maximum Gasteiger partial charge on any atom is 0.326 e. The van der Waals surface area contributed by atoms with E-state index in [9.17, 15) is 19.1 Å². The molecule has 1 atom stereocenters. The number of carboxylic acids is 1. The van der Waals surface area contributed by atoms with E-state index in [-0.39, 0.29) is 12.0 Å². The average molecular weight is 569 g/mol. The highest BCUT2D eigenvalue weighted by Gasteiger charge is 2.25. The first kappa shape index (κ1) is 29.3. The van der Waals surface area contributed by atoms with Crippen LogP contribution in [0.3, 0.4) is 0 Å². The summed E-state index contributed by atoms with van der Waals surface area (Å²) in [6.45, 7) is 4.97. The molecular formula is C35H37FN2O4. The average Bonchev–Trinajstić information content (AvgIpc) is 3.00. The van der Waals surface area contributed by atoms with E-state index in [1.807, 2.05) is 36.4 Å². The van der Waals surface area contributed by atoms with Gasteiger partial charge in [-0.3, -0.25) is 4.79 Å². The predicted octanol–water partition coefficient (Wildman–Crippen LogP) is 6.42. The number of rotatable bonds is 10. The SMILES string of the molecule is COc1ccc(CCN2CCCCC2)cc1-c1cccc2c(C[C@H](NC(=O)c3c(C)cccc3F)C(=O)O)cccc12. The highest BCUT2D eigenvalue weighted by molar-refractivity contribution is 6.01. The maximum absolute atomic E-state index is 14.4. The molecule has 5 rings (SSSR count). The first-order valence-electron chi connectivity index (χ1n) is 14.5. The Bertz CT molecular complexity index is 1580. The van der Waals surface area contributed by atoms with Gasteiger partial charge in [0.2, 0.25) is 0 Å². The van der Waals surface area contributed by atoms with Crippen molar-refractivity contribution < 1.29 is 23.8 Å². The fraction of sp³-hybridized carbons (Fsp3) is 0.314. The molecule has 0 aromatic heterocycles. The number of piperidine rings is 1. The minimum absolute atomic E-state index is 0.0440. The fourth-order valence-electron chi connectivity index (χ4n) is 5.95. The molecule has 0 radical (unpaired) electrons. The van der Waals surface area contributed by atoms with Gasteiger partial charge in [0.25, 0.3) is 5.91 Å². The third-order valence-corrected chi connectivity index (χ3v) is 8.21. The molecular weight excluding hydrogens is 531 g/mol. The molecule has 2 N–H and O–H groups in total. The zero-order chi connectivity index (χ0) is 29.6. The van der Waals surface area contributed by atoms with E-state index in [1.54, 1.807) is 20.1 Å². The second kappa shape index (κ2) is 13.2. The minimum Gasteiger partial charge on any atom is -0.496 e. The summed E-state index contributed by atoms with van der Waals surface area (Å²) in [5.41, 5.74) is 4.28. The van der Waals surface area contributed by atoms with E-state index in [0.717, 1.165) is 59.3 Å². The van der Waals surface area contributed by atoms with Gasteiger partial charge in [-0.1, -0.05) is 61.0 Å². The van der Waals surface area contributed by atoms with Crippen molar-refractivity contribution in [3.8, 4) is 16.9 Å². The van der Waals surface area contributed by atoms with Crippen molar-refractivity contribution in [3.63, 3.8) is 0 Å². The molecule has 1 aliphatic heterocycles. The van der Waals surface area contributed by atoms with Crippen LogP contribution in [0, 0.1) is 12.7 Å². The summed E-state index contributed by atoms with van der Waals surface area (Å²) < 4.78 is 20.2. The van der Waals surface area contributed by atoms with E-state index >= 15 is 0 Å². The molecule has 1 fully saturated rings. The van der Waals surface area contributed by atoms with E-state index in [4.69, 9.17) is 4.74 Å². The third-order valence-electron chi connectivity index (χ3n) is 8.21. The zero-order valence-corrected chi connectivity index (χ0v) is 24.2. The maximum atomic E-state index is 14.4. The molecule has 0 bridgehead atoms. The Labute approximate surface area is 246 Å². The molecule has 0 unspecified atom stereocenters. The number of aryl methyl sites for hydroxylation is 1. The van der Waals surface area contributed by atoms with Gasteiger partial charge in [-0.2, -0.15) is 0 Å². The number of halogens is 1. The molecule has 0 saturated carbocycles. The monoisotopic (exact) mass is 568 g/mol. The lowest BCUT2D eigenvalue weighted by Gasteiger charge is -2.26. The summed E-state index contributed by atoms with van der Waals surface area (Å²) in [5.74, 6) is -1.84. The summed E-state index contributed by atoms with van der Waals surface area (Å²) in [5, 5.41) is 14.4. The fourth-order valence-corrected chi connectivity index (χ4v) is 5.95. The van der Waals surface area contributed by atoms with Crippen molar-refractivity contribution in [2.24, 2.45) is 0 Å². The largest absolute Gasteiger partial charge is 0.496 e. The number of amides is 1. The molecule has 42 heavy (non-hydrogen) atoms. The van der Waals surface area contributed by atoms with Gasteiger partial charge in [-0.25, -0.2) is 9.18 Å². The van der Waals surface area contributed by atoms with E-state index in [1.165, 1.54) is 37.0 Å². The van der Waals surface area contributed by atoms with Crippen molar-refractivity contribution in [1.29, 1.82) is 0 Å². The van der Waals surface area contributed by atoms with Gasteiger partial charge in [0.15, 0.2) is 0 Å². The molecule has 0 spiro atoms. The number of ether oxygens (including phenoxy) is 1. The minimum atomic E-state index is -1.24. The van der Waals surface area contributed by atoms with Gasteiger partial charge >= 0.3 is 5.97 Å². The molecule has 1 saturated heterocycles. The van der Waals surface area contributed by atoms with Crippen LogP contribution in [0.4, 0.5) is 4.39 Å². The number of methoxy groups -OCH3 is 1. The van der Waals surface area contributed by atoms with Crippen molar-refractivity contribution in [1.82, 2.24) is 10.2 Å². The quantitative estimate of drug-likeness (QED) is 0.231. The van der Waals surface area contributed by atoms with Gasteiger partial charge in [-0.05, 0) is 90.5 Å². The highest BCUT2D eigenvalue weighted by Crippen LogP contribution is 2.37. The van der Waals surface area contributed by atoms with E-state index < -0.39 is 23.7 Å². The van der Waals surface area contributed by atoms with Gasteiger partial charge in [0, 0.05) is 18.5 Å². The number of hydrogen-bond donors (Lipinski definition) is 2. The molecule has 7 heteroatoms. The van der Waals surface area contributed by atoms with Crippen molar-refractivity contribution in [3.05, 3.63) is 101 Å². The third kappa shape index (κ3) is 6.47. The highest BCUT2D eigenvalue weighted by atomic mass is 19.1. The van der Waals surface area contributed by atoms with Gasteiger partial charge < -0.3 is 20.1 Å². The van der Waals surface area contributed by atoms with Crippen LogP contribution >= 0.6 is 0 Å². The zero-order valence-electron chi connectivity index (χ0n) is 24.2. The van der Waals surface area contributed by atoms with Crippen LogP contribution in [-0.4, -0.2) is 54.7 Å². The number of carboxylic acid groups (broad SMARTS) is 1. The van der Waals surface area contributed by atoms with Crippen LogP contribution in [0.25, 0.3) is 21.9 Å². The lowest BCUT2D eigenvalue weighted by atomic mass is 9.92. The summed E-state index contributed by atoms with van der Waals surface area (Å²) in [7, 11) is 1.67. The normalized spacial score (nSPS) is 14.5. The smallest absolute Gasteiger partial charge is 0.326 e. The first-order valence-corrected chi connectivity index (χ1v) is 14.5. The topological polar surface area (TPSA) is 78.9 Å². The molecule has 4 aromatic rings. The number of fused-ring (bicyclic) bond motifs is 1. The van der Waals surface area contributed by atoms with Crippen molar-refractivity contribution in [2.75, 3.05) is 26.7 Å². The molecule has 1 heterocycles. The number of hydrogen-bond acceptors (Lipinski definition) is 4. The van der Waals surface area contributed by atoms with Gasteiger partial charge in [-0.15, -0.1) is 0 Å². The second-order valence-electron chi connectivity index (χ2n) is 11.0. The number of carbonyl (C=O) groups excluding carboxylic acids is 1. The Morgan fingerprint density at radius 3 is 2.43 bits per heavy atom. The lowest BCUT2D eigenvalue weighted by molar-refractivity contribution is -0.139. The van der Waals surface area contributed by atoms with Crippen LogP contribution in [0.2, 0.25) is 0 Å². The van der Waals surface area contributed by atoms with Crippen LogP contribution in [0.1, 0.15) is 46.3 Å². The van der Waals surface area contributed by atoms with Crippen molar-refractivity contribution in [2.45, 2.75) is 45.1 Å². The number of carbonyl (C=O) groups is 2. The Balaban J connectivity index is 1.44. The van der Waals surface area contributed by atoms with Crippen LogP contribution in [0.5, 0.6) is 5.75 Å². The number of nitrogens with one attached hydrogen (secondary N) is 1. The Morgan fingerprint density at radius 2 is 1.69 bits per heavy atom. The van der Waals surface area contributed by atoms with Crippen LogP contribution < -0.4 is 10.1 Å². The van der Waals surface area contributed by atoms with E-state index in [0.29, 0.717) is 5.56 Å². The Kier molecular flexibility index (Phi) is 9.18. The summed E-state index contributed by atoms with van der Waals surface area (Å²) in [6.07, 6.45) is 4.84. The molecule has 218 valence electrons. The Morgan fingerprint density at radius 1 is 0.952 bits per heavy atom. The molecule has 1 aliphatic rings. The van der Waals surface area contributed by atoms with E-state index in [2.05, 4.69) is 28.4 Å². The first-order chi connectivity index (χ1) is 20.4. The summed E-state index contributed by atoms with van der Waals surface area (Å²) in [6, 6.07) is 21.2. The lowest BCUT2D eigenvalue weighted by Crippen LogP contribution is -2.42. The summed E-state index contributed by atoms with van der Waals surface area (Å²) >= 11 is 0. The number of aliphatic carboxylic acids is 1. The molecule has 0 aliphatic carbocycles. The summed E-state index contributed by atoms with van der Waals surface area (Å²) in [4.78, 5) is 27.7. The molecule has 4 aromatic carbocycles. The number of nitrogens with zero attached hydrogens (tertiary/aromatic N) is 1. The van der Waals surface area contributed by atoms with Crippen molar-refractivity contribution >= 4 is 22.6 Å². The van der Waals surface area contributed by atoms with Crippen LogP contribution in [0.15, 0.2) is 72.8 Å². The second-order valence-corrected chi connectivity index (χ2v) is 11.0. The number of benzene rings is 4. The van der Waals surface area contributed by atoms with Crippen LogP contribution in [-0.2, 0) is 17.6 Å². The molecule has 1 amide bonds. The standard InChI is InChI=1S/C35H37FN2O4/c1-23-9-6-14-30(36)33(23)34(39)37-31(35(40)41)22-25-10-7-12-27-26(25)11-8-13-28(27)29-21-24(15-16-32(29)42-2)17-20-38-18-4-3-5-19-38/h6-16,21,31H,3-5,17-20,22H2,1-2H3,(H,37,39)(H,40,41)/t31-/m0/s1. The van der Waals surface area contributed by atoms with Gasteiger partial charge in [0.1, 0.15) is 17.6 Å².